The van der Waals surface area contributed by atoms with Gasteiger partial charge in [0, 0.05) is 6.42 Å². The van der Waals surface area contributed by atoms with Gasteiger partial charge in [-0.1, -0.05) is 0 Å². The molecule has 3 heterocycles. The highest BCUT2D eigenvalue weighted by molar-refractivity contribution is 5.81. The first kappa shape index (κ1) is 12.3. The molecule has 0 bridgehead atoms. The lowest BCUT2D eigenvalue weighted by Crippen LogP contribution is -2.31. The van der Waals surface area contributed by atoms with Crippen LogP contribution in [0.15, 0.2) is 12.7 Å². The minimum atomic E-state index is -1.11. The lowest BCUT2D eigenvalue weighted by atomic mass is 10.0. The van der Waals surface area contributed by atoms with Crippen LogP contribution in [0.25, 0.3) is 11.2 Å². The van der Waals surface area contributed by atoms with Crippen LogP contribution in [-0.4, -0.2) is 48.0 Å². The summed E-state index contributed by atoms with van der Waals surface area (Å²) >= 11 is 0. The number of nitrogens with two attached hydrogens (primary N) is 1. The van der Waals surface area contributed by atoms with Crippen molar-refractivity contribution in [1.82, 2.24) is 19.5 Å². The Kier molecular flexibility index (Phi) is 2.66. The van der Waals surface area contributed by atoms with E-state index in [0.717, 1.165) is 0 Å². The van der Waals surface area contributed by atoms with Gasteiger partial charge in [0.25, 0.3) is 0 Å². The zero-order valence-corrected chi connectivity index (χ0v) is 10.4. The molecule has 8 nitrogen and oxygen atoms in total. The van der Waals surface area contributed by atoms with Crippen molar-refractivity contribution in [2.75, 3.05) is 12.3 Å². The monoisotopic (exact) mass is 265 g/mol. The molecule has 8 heteroatoms. The maximum Gasteiger partial charge on any atom is 0.167 e. The number of aliphatic hydroxyl groups is 2. The summed E-state index contributed by atoms with van der Waals surface area (Å²) in [4.78, 5) is 12.1. The Bertz CT molecular complexity index is 611. The molecule has 0 aliphatic carbocycles. The number of anilines is 1. The average molecular weight is 265 g/mol. The number of ether oxygens (including phenoxy) is 1. The molecule has 0 unspecified atom stereocenters. The van der Waals surface area contributed by atoms with Crippen LogP contribution < -0.4 is 5.73 Å². The topological polar surface area (TPSA) is 119 Å². The minimum Gasteiger partial charge on any atom is -0.394 e. The molecule has 0 radical (unpaired) electrons. The predicted octanol–water partition coefficient (Wildman–Crippen LogP) is -0.561. The summed E-state index contributed by atoms with van der Waals surface area (Å²) in [5.41, 5.74) is 5.57. The summed E-state index contributed by atoms with van der Waals surface area (Å²) in [6.07, 6.45) is 2.12. The molecule has 2 aromatic rings. The molecule has 1 fully saturated rings. The van der Waals surface area contributed by atoms with Gasteiger partial charge in [0.05, 0.1) is 19.0 Å². The van der Waals surface area contributed by atoms with Crippen molar-refractivity contribution in [3.8, 4) is 0 Å². The van der Waals surface area contributed by atoms with E-state index in [2.05, 4.69) is 15.0 Å². The molecule has 0 aromatic carbocycles. The Morgan fingerprint density at radius 3 is 3.00 bits per heavy atom. The first-order valence-corrected chi connectivity index (χ1v) is 5.94. The maximum absolute atomic E-state index is 10.4. The lowest BCUT2D eigenvalue weighted by molar-refractivity contribution is -0.0854. The van der Waals surface area contributed by atoms with Crippen LogP contribution in [-0.2, 0) is 4.74 Å². The SMILES string of the molecule is C[C@]1(O)C[C@@H](CO)O[C@H]1n1cnc2c(N)ncnc21. The first-order chi connectivity index (χ1) is 9.03. The van der Waals surface area contributed by atoms with Crippen molar-refractivity contribution in [2.24, 2.45) is 0 Å². The molecular formula is C11H15N5O3. The van der Waals surface area contributed by atoms with Crippen molar-refractivity contribution >= 4 is 17.0 Å². The number of hydrogen-bond acceptors (Lipinski definition) is 7. The standard InChI is InChI=1S/C11H15N5O3/c1-11(18)2-6(3-17)19-10(11)16-5-15-7-8(12)13-4-14-9(7)16/h4-6,10,17-18H,2-3H2,1H3,(H2,12,13,14)/t6-,10+,11-/m0/s1. The van der Waals surface area contributed by atoms with E-state index >= 15 is 0 Å². The van der Waals surface area contributed by atoms with Gasteiger partial charge in [-0.15, -0.1) is 0 Å². The fourth-order valence-corrected chi connectivity index (χ4v) is 2.45. The summed E-state index contributed by atoms with van der Waals surface area (Å²) in [7, 11) is 0. The Morgan fingerprint density at radius 1 is 1.53 bits per heavy atom. The third-order valence-corrected chi connectivity index (χ3v) is 3.34. The van der Waals surface area contributed by atoms with Crippen LogP contribution >= 0.6 is 0 Å². The number of imidazole rings is 1. The van der Waals surface area contributed by atoms with Crippen molar-refractivity contribution < 1.29 is 14.9 Å². The van der Waals surface area contributed by atoms with Crippen LogP contribution in [0.4, 0.5) is 5.82 Å². The molecule has 0 saturated carbocycles. The molecule has 3 rings (SSSR count). The van der Waals surface area contributed by atoms with E-state index < -0.39 is 17.9 Å². The third kappa shape index (κ3) is 1.84. The fraction of sp³-hybridized carbons (Fsp3) is 0.545. The quantitative estimate of drug-likeness (QED) is 0.665. The van der Waals surface area contributed by atoms with E-state index in [-0.39, 0.29) is 12.4 Å². The molecule has 2 aromatic heterocycles. The Hall–Kier alpha value is -1.77. The number of hydrogen-bond donors (Lipinski definition) is 3. The van der Waals surface area contributed by atoms with Crippen molar-refractivity contribution in [3.63, 3.8) is 0 Å². The van der Waals surface area contributed by atoms with Crippen LogP contribution in [0.5, 0.6) is 0 Å². The maximum atomic E-state index is 10.4. The number of rotatable bonds is 2. The first-order valence-electron chi connectivity index (χ1n) is 5.94. The molecule has 1 saturated heterocycles. The number of fused-ring (bicyclic) bond motifs is 1. The molecule has 0 amide bonds. The van der Waals surface area contributed by atoms with Gasteiger partial charge in [0.2, 0.25) is 0 Å². The molecule has 1 aliphatic rings. The zero-order chi connectivity index (χ0) is 13.6. The van der Waals surface area contributed by atoms with E-state index in [1.165, 1.54) is 12.7 Å². The molecule has 4 N–H and O–H groups in total. The average Bonchev–Trinajstić information content (AvgIpc) is 2.90. The highest BCUT2D eigenvalue weighted by Gasteiger charge is 2.45. The number of aromatic nitrogens is 4. The highest BCUT2D eigenvalue weighted by atomic mass is 16.5. The van der Waals surface area contributed by atoms with Gasteiger partial charge >= 0.3 is 0 Å². The van der Waals surface area contributed by atoms with E-state index in [9.17, 15) is 5.11 Å². The van der Waals surface area contributed by atoms with E-state index in [0.29, 0.717) is 17.6 Å². The number of aliphatic hydroxyl groups excluding tert-OH is 1. The summed E-state index contributed by atoms with van der Waals surface area (Å²) in [5, 5.41) is 19.6. The second kappa shape index (κ2) is 4.12. The van der Waals surface area contributed by atoms with Gasteiger partial charge in [0.15, 0.2) is 17.7 Å². The smallest absolute Gasteiger partial charge is 0.167 e. The summed E-state index contributed by atoms with van der Waals surface area (Å²) in [5.74, 6) is 0.278. The highest BCUT2D eigenvalue weighted by Crippen LogP contribution is 2.38. The third-order valence-electron chi connectivity index (χ3n) is 3.34. The molecule has 1 aliphatic heterocycles. The summed E-state index contributed by atoms with van der Waals surface area (Å²) < 4.78 is 7.25. The fourth-order valence-electron chi connectivity index (χ4n) is 2.45. The zero-order valence-electron chi connectivity index (χ0n) is 10.4. The number of nitrogens with zero attached hydrogens (tertiary/aromatic N) is 4. The van der Waals surface area contributed by atoms with Gasteiger partial charge in [-0.25, -0.2) is 15.0 Å². The Labute approximate surface area is 108 Å². The summed E-state index contributed by atoms with van der Waals surface area (Å²) in [6, 6.07) is 0. The van der Waals surface area contributed by atoms with Gasteiger partial charge in [0.1, 0.15) is 17.4 Å². The van der Waals surface area contributed by atoms with Crippen LogP contribution in [0, 0.1) is 0 Å². The lowest BCUT2D eigenvalue weighted by Gasteiger charge is -2.24. The molecule has 0 spiro atoms. The van der Waals surface area contributed by atoms with Gasteiger partial charge in [-0.2, -0.15) is 0 Å². The van der Waals surface area contributed by atoms with Crippen LogP contribution in [0.1, 0.15) is 19.6 Å². The van der Waals surface area contributed by atoms with Gasteiger partial charge < -0.3 is 20.7 Å². The largest absolute Gasteiger partial charge is 0.394 e. The second-order valence-electron chi connectivity index (χ2n) is 4.94. The molecule has 3 atom stereocenters. The van der Waals surface area contributed by atoms with Crippen molar-refractivity contribution in [3.05, 3.63) is 12.7 Å². The van der Waals surface area contributed by atoms with Crippen molar-refractivity contribution in [1.29, 1.82) is 0 Å². The second-order valence-corrected chi connectivity index (χ2v) is 4.94. The normalized spacial score (nSPS) is 31.1. The Morgan fingerprint density at radius 2 is 2.32 bits per heavy atom. The van der Waals surface area contributed by atoms with Crippen LogP contribution in [0.2, 0.25) is 0 Å². The molecule has 19 heavy (non-hydrogen) atoms. The van der Waals surface area contributed by atoms with Crippen LogP contribution in [0.3, 0.4) is 0 Å². The number of nitrogen functional groups attached to an aromatic ring is 1. The van der Waals surface area contributed by atoms with Gasteiger partial charge in [-0.05, 0) is 6.92 Å². The minimum absolute atomic E-state index is 0.142. The molecular weight excluding hydrogens is 250 g/mol. The Balaban J connectivity index is 2.07. The predicted molar refractivity (Wildman–Crippen MR) is 66.0 cm³/mol. The van der Waals surface area contributed by atoms with E-state index in [4.69, 9.17) is 15.6 Å². The molecule has 102 valence electrons. The van der Waals surface area contributed by atoms with E-state index in [1.54, 1.807) is 11.5 Å². The van der Waals surface area contributed by atoms with Gasteiger partial charge in [-0.3, -0.25) is 4.57 Å². The van der Waals surface area contributed by atoms with E-state index in [1.807, 2.05) is 0 Å². The van der Waals surface area contributed by atoms with Crippen molar-refractivity contribution in [2.45, 2.75) is 31.3 Å². The summed E-state index contributed by atoms with van der Waals surface area (Å²) in [6.45, 7) is 1.51.